The molecule has 1 saturated heterocycles. The maximum absolute atomic E-state index is 12.7. The van der Waals surface area contributed by atoms with E-state index in [-0.39, 0.29) is 28.6 Å². The largest absolute Gasteiger partial charge is 0.446 e. The molecule has 1 amide bonds. The van der Waals surface area contributed by atoms with Gasteiger partial charge in [-0.05, 0) is 60.3 Å². The summed E-state index contributed by atoms with van der Waals surface area (Å²) >= 11 is 1.45. The number of alkyl halides is 3. The minimum atomic E-state index is -4.31. The minimum Gasteiger partial charge on any atom is -0.331 e. The lowest BCUT2D eigenvalue weighted by Crippen LogP contribution is -2.30. The molecule has 0 N–H and O–H groups in total. The molecule has 1 fully saturated rings. The lowest BCUT2D eigenvalue weighted by atomic mass is 10.1. The fourth-order valence-corrected chi connectivity index (χ4v) is 4.16. The maximum Gasteiger partial charge on any atom is 0.446 e. The molecule has 1 aromatic carbocycles. The normalized spacial score (nSPS) is 18.4. The van der Waals surface area contributed by atoms with Crippen molar-refractivity contribution >= 4 is 29.0 Å². The molecular formula is C16H14F3NOS2. The third-order valence-corrected chi connectivity index (χ3v) is 5.43. The van der Waals surface area contributed by atoms with Crippen LogP contribution in [0.3, 0.4) is 0 Å². The zero-order valence-electron chi connectivity index (χ0n) is 12.0. The molecule has 1 unspecified atom stereocenters. The van der Waals surface area contributed by atoms with Crippen LogP contribution >= 0.6 is 23.1 Å². The van der Waals surface area contributed by atoms with Gasteiger partial charge in [-0.15, -0.1) is 11.3 Å². The minimum absolute atomic E-state index is 0.0757. The van der Waals surface area contributed by atoms with Gasteiger partial charge in [-0.25, -0.2) is 0 Å². The highest BCUT2D eigenvalue weighted by Crippen LogP contribution is 2.38. The van der Waals surface area contributed by atoms with Crippen molar-refractivity contribution in [2.45, 2.75) is 29.3 Å². The number of carbonyl (C=O) groups is 1. The molecule has 0 saturated carbocycles. The molecule has 0 bridgehead atoms. The van der Waals surface area contributed by atoms with Gasteiger partial charge >= 0.3 is 5.51 Å². The number of likely N-dealkylation sites (tertiary alicyclic amines) is 1. The average Bonchev–Trinajstić information content (AvgIpc) is 3.16. The Labute approximate surface area is 140 Å². The summed E-state index contributed by atoms with van der Waals surface area (Å²) < 4.78 is 37.0. The van der Waals surface area contributed by atoms with Crippen LogP contribution in [0.15, 0.2) is 46.7 Å². The van der Waals surface area contributed by atoms with Crippen molar-refractivity contribution in [3.63, 3.8) is 0 Å². The van der Waals surface area contributed by atoms with Crippen molar-refractivity contribution in [1.29, 1.82) is 0 Å². The van der Waals surface area contributed by atoms with E-state index >= 15 is 0 Å². The van der Waals surface area contributed by atoms with E-state index < -0.39 is 5.51 Å². The van der Waals surface area contributed by atoms with Crippen molar-refractivity contribution in [2.75, 3.05) is 6.54 Å². The average molecular weight is 357 g/mol. The monoisotopic (exact) mass is 357 g/mol. The van der Waals surface area contributed by atoms with Crippen LogP contribution in [0, 0.1) is 0 Å². The number of nitrogens with zero attached hydrogens (tertiary/aromatic N) is 1. The molecule has 7 heteroatoms. The molecule has 1 aliphatic heterocycles. The van der Waals surface area contributed by atoms with Crippen molar-refractivity contribution in [3.8, 4) is 0 Å². The first kappa shape index (κ1) is 16.4. The Bertz CT molecular complexity index is 668. The van der Waals surface area contributed by atoms with Gasteiger partial charge in [-0.3, -0.25) is 4.79 Å². The Kier molecular flexibility index (Phi) is 4.68. The van der Waals surface area contributed by atoms with E-state index in [1.54, 1.807) is 11.3 Å². The lowest BCUT2D eigenvalue weighted by Gasteiger charge is -2.24. The highest BCUT2D eigenvalue weighted by molar-refractivity contribution is 8.00. The number of benzene rings is 1. The van der Waals surface area contributed by atoms with E-state index in [1.165, 1.54) is 24.3 Å². The second-order valence-electron chi connectivity index (χ2n) is 5.24. The van der Waals surface area contributed by atoms with Crippen LogP contribution in [0.5, 0.6) is 0 Å². The predicted molar refractivity (Wildman–Crippen MR) is 85.7 cm³/mol. The van der Waals surface area contributed by atoms with Gasteiger partial charge in [0.2, 0.25) is 0 Å². The summed E-state index contributed by atoms with van der Waals surface area (Å²) in [5.41, 5.74) is -3.88. The Morgan fingerprint density at radius 3 is 2.57 bits per heavy atom. The number of carbonyl (C=O) groups excluding carboxylic acids is 1. The van der Waals surface area contributed by atoms with Crippen LogP contribution in [0.25, 0.3) is 0 Å². The molecule has 0 aliphatic carbocycles. The van der Waals surface area contributed by atoms with Crippen molar-refractivity contribution < 1.29 is 18.0 Å². The quantitative estimate of drug-likeness (QED) is 0.691. The predicted octanol–water partition coefficient (Wildman–Crippen LogP) is 5.34. The lowest BCUT2D eigenvalue weighted by molar-refractivity contribution is -0.0328. The third kappa shape index (κ3) is 3.90. The molecule has 0 radical (unpaired) electrons. The van der Waals surface area contributed by atoms with Crippen LogP contribution in [-0.2, 0) is 0 Å². The highest BCUT2D eigenvalue weighted by Gasteiger charge is 2.32. The number of halogens is 3. The number of amides is 1. The molecule has 2 aromatic rings. The van der Waals surface area contributed by atoms with Gasteiger partial charge in [0.05, 0.1) is 6.04 Å². The Balaban J connectivity index is 1.75. The molecule has 3 rings (SSSR count). The van der Waals surface area contributed by atoms with Crippen LogP contribution in [0.1, 0.15) is 34.1 Å². The van der Waals surface area contributed by atoms with Gasteiger partial charge in [0.25, 0.3) is 5.91 Å². The van der Waals surface area contributed by atoms with E-state index in [9.17, 15) is 18.0 Å². The van der Waals surface area contributed by atoms with Gasteiger partial charge in [0.15, 0.2) is 0 Å². The summed E-state index contributed by atoms with van der Waals surface area (Å²) in [5, 5.41) is 1.99. The maximum atomic E-state index is 12.7. The molecule has 2 heterocycles. The standard InChI is InChI=1S/C16H14F3NOS2/c17-16(18,19)23-12-7-5-11(6-8-12)15(21)20-9-1-3-13(20)14-4-2-10-22-14/h2,4-8,10,13H,1,3,9H2. The first-order valence-electron chi connectivity index (χ1n) is 7.14. The fourth-order valence-electron chi connectivity index (χ4n) is 2.75. The number of thioether (sulfide) groups is 1. The number of hydrogen-bond donors (Lipinski definition) is 0. The topological polar surface area (TPSA) is 20.3 Å². The summed E-state index contributed by atoms with van der Waals surface area (Å²) in [7, 11) is 0. The first-order valence-corrected chi connectivity index (χ1v) is 8.84. The third-order valence-electron chi connectivity index (χ3n) is 3.72. The van der Waals surface area contributed by atoms with Gasteiger partial charge in [-0.2, -0.15) is 13.2 Å². The molecule has 23 heavy (non-hydrogen) atoms. The zero-order chi connectivity index (χ0) is 16.4. The van der Waals surface area contributed by atoms with Crippen LogP contribution in [0.2, 0.25) is 0 Å². The van der Waals surface area contributed by atoms with Gasteiger partial charge in [0.1, 0.15) is 0 Å². The summed E-state index contributed by atoms with van der Waals surface area (Å²) in [6.07, 6.45) is 1.87. The first-order chi connectivity index (χ1) is 10.9. The van der Waals surface area contributed by atoms with Crippen LogP contribution in [0.4, 0.5) is 13.2 Å². The zero-order valence-corrected chi connectivity index (χ0v) is 13.7. The van der Waals surface area contributed by atoms with E-state index in [0.29, 0.717) is 12.1 Å². The van der Waals surface area contributed by atoms with Crippen molar-refractivity contribution in [1.82, 2.24) is 4.90 Å². The van der Waals surface area contributed by atoms with E-state index in [0.717, 1.165) is 17.7 Å². The Morgan fingerprint density at radius 1 is 1.22 bits per heavy atom. The summed E-state index contributed by atoms with van der Waals surface area (Å²) in [5.74, 6) is -0.121. The van der Waals surface area contributed by atoms with Crippen LogP contribution in [-0.4, -0.2) is 22.9 Å². The SMILES string of the molecule is O=C(c1ccc(SC(F)(F)F)cc1)N1CCCC1c1cccs1. The molecule has 2 nitrogen and oxygen atoms in total. The van der Waals surface area contributed by atoms with Crippen molar-refractivity contribution in [3.05, 3.63) is 52.2 Å². The van der Waals surface area contributed by atoms with Gasteiger partial charge in [0, 0.05) is 21.9 Å². The highest BCUT2D eigenvalue weighted by atomic mass is 32.2. The Hall–Kier alpha value is -1.47. The van der Waals surface area contributed by atoms with Gasteiger partial charge < -0.3 is 4.90 Å². The summed E-state index contributed by atoms with van der Waals surface area (Å²) in [6.45, 7) is 0.681. The molecule has 1 atom stereocenters. The van der Waals surface area contributed by atoms with Crippen molar-refractivity contribution in [2.24, 2.45) is 0 Å². The number of thiophene rings is 1. The number of rotatable bonds is 3. The molecule has 1 aromatic heterocycles. The summed E-state index contributed by atoms with van der Waals surface area (Å²) in [6, 6.07) is 9.70. The van der Waals surface area contributed by atoms with Crippen LogP contribution < -0.4 is 0 Å². The number of hydrogen-bond acceptors (Lipinski definition) is 3. The van der Waals surface area contributed by atoms with E-state index in [1.807, 2.05) is 22.4 Å². The van der Waals surface area contributed by atoms with E-state index in [4.69, 9.17) is 0 Å². The molecule has 1 aliphatic rings. The summed E-state index contributed by atoms with van der Waals surface area (Å²) in [4.78, 5) is 15.7. The Morgan fingerprint density at radius 2 is 1.96 bits per heavy atom. The molecular weight excluding hydrogens is 343 g/mol. The van der Waals surface area contributed by atoms with E-state index in [2.05, 4.69) is 0 Å². The van der Waals surface area contributed by atoms with Gasteiger partial charge in [-0.1, -0.05) is 6.07 Å². The molecule has 122 valence electrons. The fraction of sp³-hybridized carbons (Fsp3) is 0.312. The second kappa shape index (κ2) is 6.57. The molecule has 0 spiro atoms. The second-order valence-corrected chi connectivity index (χ2v) is 7.36. The smallest absolute Gasteiger partial charge is 0.331 e.